The molecule has 1 aromatic heterocycles. The van der Waals surface area contributed by atoms with Crippen molar-refractivity contribution < 1.29 is 9.59 Å². The van der Waals surface area contributed by atoms with Crippen LogP contribution in [0.3, 0.4) is 0 Å². The average molecular weight is 438 g/mol. The van der Waals surface area contributed by atoms with Gasteiger partial charge in [0, 0.05) is 22.5 Å². The second-order valence-electron chi connectivity index (χ2n) is 8.37. The van der Waals surface area contributed by atoms with E-state index >= 15 is 0 Å². The zero-order valence-electron chi connectivity index (χ0n) is 18.4. The number of aryl methyl sites for hydroxylation is 2. The summed E-state index contributed by atoms with van der Waals surface area (Å²) in [7, 11) is 0. The Morgan fingerprint density at radius 3 is 2.39 bits per heavy atom. The van der Waals surface area contributed by atoms with E-state index in [1.165, 1.54) is 22.9 Å². The van der Waals surface area contributed by atoms with Crippen LogP contribution in [0.1, 0.15) is 31.9 Å². The van der Waals surface area contributed by atoms with Gasteiger partial charge in [-0.15, -0.1) is 10.2 Å². The third kappa shape index (κ3) is 5.95. The van der Waals surface area contributed by atoms with Crippen molar-refractivity contribution in [2.45, 2.75) is 39.8 Å². The fourth-order valence-corrected chi connectivity index (χ4v) is 3.42. The minimum absolute atomic E-state index is 0.0859. The lowest BCUT2D eigenvalue weighted by molar-refractivity contribution is -0.123. The molecule has 2 amide bonds. The van der Waals surface area contributed by atoms with E-state index in [2.05, 4.69) is 46.8 Å². The number of carbonyl (C=O) groups is 2. The molecule has 0 saturated heterocycles. The lowest BCUT2D eigenvalue weighted by Crippen LogP contribution is -2.27. The van der Waals surface area contributed by atoms with Crippen LogP contribution in [0.15, 0.2) is 53.9 Å². The minimum Gasteiger partial charge on any atom is -0.326 e. The summed E-state index contributed by atoms with van der Waals surface area (Å²) in [5, 5.41) is 14.5. The number of anilines is 2. The van der Waals surface area contributed by atoms with Crippen LogP contribution < -0.4 is 10.6 Å². The van der Waals surface area contributed by atoms with Crippen LogP contribution in [0, 0.1) is 19.3 Å². The first-order chi connectivity index (χ1) is 14.6. The highest BCUT2D eigenvalue weighted by Gasteiger charge is 2.21. The number of nitrogens with zero attached hydrogens (tertiary/aromatic N) is 3. The quantitative estimate of drug-likeness (QED) is 0.550. The standard InChI is InChI=1S/C23H27N5O2S/c1-15-9-10-19(11-16(15)2)28-14-24-27-22(28)31-13-20(29)25-17-7-6-8-18(12-17)26-21(30)23(3,4)5/h6-12,14H,13H2,1-5H3,(H,25,29)(H,26,30). The van der Waals surface area contributed by atoms with E-state index in [4.69, 9.17) is 0 Å². The Balaban J connectivity index is 1.62. The van der Waals surface area contributed by atoms with Gasteiger partial charge in [0.15, 0.2) is 5.16 Å². The lowest BCUT2D eigenvalue weighted by Gasteiger charge is -2.18. The average Bonchev–Trinajstić information content (AvgIpc) is 3.17. The molecular formula is C23H27N5O2S. The van der Waals surface area contributed by atoms with Crippen LogP contribution in [0.25, 0.3) is 5.69 Å². The number of hydrogen-bond donors (Lipinski definition) is 2. The number of hydrogen-bond acceptors (Lipinski definition) is 5. The van der Waals surface area contributed by atoms with Gasteiger partial charge in [-0.3, -0.25) is 14.2 Å². The maximum absolute atomic E-state index is 12.5. The second-order valence-corrected chi connectivity index (χ2v) is 9.32. The zero-order chi connectivity index (χ0) is 22.6. The van der Waals surface area contributed by atoms with Gasteiger partial charge in [-0.2, -0.15) is 0 Å². The van der Waals surface area contributed by atoms with E-state index in [-0.39, 0.29) is 17.6 Å². The predicted molar refractivity (Wildman–Crippen MR) is 125 cm³/mol. The van der Waals surface area contributed by atoms with Crippen molar-refractivity contribution in [3.05, 3.63) is 59.9 Å². The number of carbonyl (C=O) groups excluding carboxylic acids is 2. The van der Waals surface area contributed by atoms with Gasteiger partial charge >= 0.3 is 0 Å². The van der Waals surface area contributed by atoms with Crippen LogP contribution in [-0.4, -0.2) is 32.3 Å². The molecule has 3 rings (SSSR count). The van der Waals surface area contributed by atoms with Crippen LogP contribution >= 0.6 is 11.8 Å². The first kappa shape index (κ1) is 22.6. The number of aromatic nitrogens is 3. The molecule has 0 aliphatic carbocycles. The topological polar surface area (TPSA) is 88.9 Å². The van der Waals surface area contributed by atoms with E-state index in [1.54, 1.807) is 30.6 Å². The van der Waals surface area contributed by atoms with Crippen molar-refractivity contribution in [2.24, 2.45) is 5.41 Å². The number of rotatable bonds is 6. The highest BCUT2D eigenvalue weighted by Crippen LogP contribution is 2.23. The molecule has 0 atom stereocenters. The summed E-state index contributed by atoms with van der Waals surface area (Å²) in [6.45, 7) is 9.67. The maximum atomic E-state index is 12.5. The summed E-state index contributed by atoms with van der Waals surface area (Å²) < 4.78 is 1.87. The summed E-state index contributed by atoms with van der Waals surface area (Å²) in [4.78, 5) is 24.6. The molecule has 0 bridgehead atoms. The van der Waals surface area contributed by atoms with Crippen molar-refractivity contribution >= 4 is 35.0 Å². The first-order valence-electron chi connectivity index (χ1n) is 9.95. The van der Waals surface area contributed by atoms with Gasteiger partial charge in [-0.1, -0.05) is 44.7 Å². The molecule has 0 fully saturated rings. The SMILES string of the molecule is Cc1ccc(-n2cnnc2SCC(=O)Nc2cccc(NC(=O)C(C)(C)C)c2)cc1C. The Kier molecular flexibility index (Phi) is 6.80. The summed E-state index contributed by atoms with van der Waals surface area (Å²) >= 11 is 1.31. The number of benzene rings is 2. The molecule has 3 aromatic rings. The number of amides is 2. The molecule has 8 heteroatoms. The van der Waals surface area contributed by atoms with Gasteiger partial charge in [0.2, 0.25) is 11.8 Å². The Labute approximate surface area is 186 Å². The maximum Gasteiger partial charge on any atom is 0.234 e. The molecule has 0 aliphatic heterocycles. The van der Waals surface area contributed by atoms with Gasteiger partial charge in [-0.25, -0.2) is 0 Å². The van der Waals surface area contributed by atoms with Gasteiger partial charge in [0.05, 0.1) is 5.75 Å². The van der Waals surface area contributed by atoms with Crippen LogP contribution in [0.4, 0.5) is 11.4 Å². The molecule has 162 valence electrons. The van der Waals surface area contributed by atoms with Gasteiger partial charge in [-0.05, 0) is 55.3 Å². The van der Waals surface area contributed by atoms with Gasteiger partial charge in [0.1, 0.15) is 6.33 Å². The van der Waals surface area contributed by atoms with Crippen molar-refractivity contribution in [3.8, 4) is 5.69 Å². The smallest absolute Gasteiger partial charge is 0.234 e. The molecular weight excluding hydrogens is 410 g/mol. The molecule has 0 spiro atoms. The fourth-order valence-electron chi connectivity index (χ4n) is 2.70. The van der Waals surface area contributed by atoms with Crippen molar-refractivity contribution in [3.63, 3.8) is 0 Å². The number of thioether (sulfide) groups is 1. The molecule has 2 N–H and O–H groups in total. The highest BCUT2D eigenvalue weighted by atomic mass is 32.2. The third-order valence-electron chi connectivity index (χ3n) is 4.70. The van der Waals surface area contributed by atoms with Gasteiger partial charge < -0.3 is 10.6 Å². The normalized spacial score (nSPS) is 11.3. The van der Waals surface area contributed by atoms with E-state index in [9.17, 15) is 9.59 Å². The molecule has 31 heavy (non-hydrogen) atoms. The van der Waals surface area contributed by atoms with Crippen LogP contribution in [0.2, 0.25) is 0 Å². The lowest BCUT2D eigenvalue weighted by atomic mass is 9.95. The van der Waals surface area contributed by atoms with E-state index in [0.29, 0.717) is 16.5 Å². The third-order valence-corrected chi connectivity index (χ3v) is 5.65. The van der Waals surface area contributed by atoms with E-state index in [1.807, 2.05) is 31.4 Å². The summed E-state index contributed by atoms with van der Waals surface area (Å²) in [5.74, 6) is -0.0709. The molecule has 7 nitrogen and oxygen atoms in total. The first-order valence-corrected chi connectivity index (χ1v) is 10.9. The predicted octanol–water partition coefficient (Wildman–Crippen LogP) is 4.60. The van der Waals surface area contributed by atoms with Gasteiger partial charge in [0.25, 0.3) is 0 Å². The monoisotopic (exact) mass is 437 g/mol. The zero-order valence-corrected chi connectivity index (χ0v) is 19.2. The summed E-state index contributed by atoms with van der Waals surface area (Å²) in [5.41, 5.74) is 4.11. The van der Waals surface area contributed by atoms with E-state index in [0.717, 1.165) is 5.69 Å². The van der Waals surface area contributed by atoms with Crippen LogP contribution in [-0.2, 0) is 9.59 Å². The molecule has 0 saturated carbocycles. The Morgan fingerprint density at radius 1 is 1.00 bits per heavy atom. The molecule has 0 radical (unpaired) electrons. The largest absolute Gasteiger partial charge is 0.326 e. The van der Waals surface area contributed by atoms with Crippen molar-refractivity contribution in [1.29, 1.82) is 0 Å². The van der Waals surface area contributed by atoms with Crippen molar-refractivity contribution in [1.82, 2.24) is 14.8 Å². The Hall–Kier alpha value is -3.13. The Morgan fingerprint density at radius 2 is 1.71 bits per heavy atom. The molecule has 0 aliphatic rings. The molecule has 1 heterocycles. The summed E-state index contributed by atoms with van der Waals surface area (Å²) in [6.07, 6.45) is 1.64. The van der Waals surface area contributed by atoms with E-state index < -0.39 is 5.41 Å². The minimum atomic E-state index is -0.498. The number of nitrogens with one attached hydrogen (secondary N) is 2. The van der Waals surface area contributed by atoms with Crippen LogP contribution in [0.5, 0.6) is 0 Å². The second kappa shape index (κ2) is 9.34. The van der Waals surface area contributed by atoms with Crippen molar-refractivity contribution in [2.75, 3.05) is 16.4 Å². The molecule has 0 unspecified atom stereocenters. The highest BCUT2D eigenvalue weighted by molar-refractivity contribution is 7.99. The Bertz CT molecular complexity index is 1100. The summed E-state index contributed by atoms with van der Waals surface area (Å²) in [6, 6.07) is 13.2. The fraction of sp³-hybridized carbons (Fsp3) is 0.304. The molecule has 2 aromatic carbocycles.